The standard InChI is InChI=1S/C19H11F3N4O2S/c20-19(21,22)28-12-4-1-3-11(9-12)15-10-24-14-6-2-5-13(16(14)25-15)17(27)26-18-23-7-8-29-18/h1-10H,(H,23,26,27). The molecule has 4 aromatic rings. The Bertz CT molecular complexity index is 1180. The number of carbonyl (C=O) groups excluding carboxylic acids is 1. The van der Waals surface area contributed by atoms with Crippen LogP contribution in [0, 0.1) is 0 Å². The molecule has 0 aliphatic rings. The first kappa shape index (κ1) is 18.8. The van der Waals surface area contributed by atoms with Crippen LogP contribution in [0.5, 0.6) is 5.75 Å². The molecule has 0 atom stereocenters. The van der Waals surface area contributed by atoms with E-state index in [9.17, 15) is 18.0 Å². The summed E-state index contributed by atoms with van der Waals surface area (Å²) in [5, 5.41) is 4.85. The summed E-state index contributed by atoms with van der Waals surface area (Å²) < 4.78 is 41.4. The molecule has 2 aromatic heterocycles. The molecule has 4 rings (SSSR count). The molecule has 0 saturated carbocycles. The fourth-order valence-electron chi connectivity index (χ4n) is 2.66. The van der Waals surface area contributed by atoms with Crippen molar-refractivity contribution in [2.75, 3.05) is 5.32 Å². The molecule has 0 aliphatic carbocycles. The van der Waals surface area contributed by atoms with Gasteiger partial charge in [0.05, 0.1) is 23.0 Å². The molecular weight excluding hydrogens is 405 g/mol. The van der Waals surface area contributed by atoms with E-state index in [1.54, 1.807) is 35.8 Å². The number of halogens is 3. The number of nitrogens with zero attached hydrogens (tertiary/aromatic N) is 3. The van der Waals surface area contributed by atoms with E-state index in [1.807, 2.05) is 0 Å². The lowest BCUT2D eigenvalue weighted by molar-refractivity contribution is -0.274. The maximum atomic E-state index is 12.6. The normalized spacial score (nSPS) is 11.4. The number of carbonyl (C=O) groups is 1. The summed E-state index contributed by atoms with van der Waals surface area (Å²) in [4.78, 5) is 25.4. The third kappa shape index (κ3) is 4.32. The van der Waals surface area contributed by atoms with Crippen molar-refractivity contribution in [2.45, 2.75) is 6.36 Å². The van der Waals surface area contributed by atoms with Gasteiger partial charge in [0.2, 0.25) is 0 Å². The summed E-state index contributed by atoms with van der Waals surface area (Å²) in [7, 11) is 0. The van der Waals surface area contributed by atoms with Crippen LogP contribution in [0.3, 0.4) is 0 Å². The smallest absolute Gasteiger partial charge is 0.406 e. The molecule has 0 fully saturated rings. The monoisotopic (exact) mass is 416 g/mol. The Morgan fingerprint density at radius 3 is 2.69 bits per heavy atom. The van der Waals surface area contributed by atoms with Crippen LogP contribution in [0.15, 0.2) is 60.2 Å². The highest BCUT2D eigenvalue weighted by Crippen LogP contribution is 2.28. The van der Waals surface area contributed by atoms with Gasteiger partial charge in [0.1, 0.15) is 11.3 Å². The molecule has 1 N–H and O–H groups in total. The molecule has 0 aliphatic heterocycles. The molecule has 0 bridgehead atoms. The van der Waals surface area contributed by atoms with E-state index in [0.29, 0.717) is 27.4 Å². The second-order valence-corrected chi connectivity index (χ2v) is 6.69. The molecule has 0 saturated heterocycles. The molecule has 10 heteroatoms. The van der Waals surface area contributed by atoms with Gasteiger partial charge >= 0.3 is 6.36 Å². The van der Waals surface area contributed by atoms with Crippen molar-refractivity contribution in [1.29, 1.82) is 0 Å². The second-order valence-electron chi connectivity index (χ2n) is 5.80. The third-order valence-electron chi connectivity index (χ3n) is 3.83. The van der Waals surface area contributed by atoms with E-state index in [0.717, 1.165) is 0 Å². The van der Waals surface area contributed by atoms with Crippen LogP contribution in [0.1, 0.15) is 10.4 Å². The van der Waals surface area contributed by atoms with E-state index < -0.39 is 12.3 Å². The zero-order chi connectivity index (χ0) is 20.4. The first-order valence-electron chi connectivity index (χ1n) is 8.22. The predicted molar refractivity (Wildman–Crippen MR) is 102 cm³/mol. The van der Waals surface area contributed by atoms with Crippen LogP contribution in [-0.2, 0) is 0 Å². The Morgan fingerprint density at radius 1 is 1.10 bits per heavy atom. The number of hydrogen-bond donors (Lipinski definition) is 1. The van der Waals surface area contributed by atoms with Gasteiger partial charge in [-0.3, -0.25) is 15.1 Å². The van der Waals surface area contributed by atoms with Crippen molar-refractivity contribution >= 4 is 33.4 Å². The number of anilines is 1. The molecule has 1 amide bonds. The van der Waals surface area contributed by atoms with Gasteiger partial charge in [0.15, 0.2) is 5.13 Å². The van der Waals surface area contributed by atoms with Gasteiger partial charge in [-0.1, -0.05) is 18.2 Å². The van der Waals surface area contributed by atoms with Crippen molar-refractivity contribution in [2.24, 2.45) is 0 Å². The number of fused-ring (bicyclic) bond motifs is 1. The fourth-order valence-corrected chi connectivity index (χ4v) is 3.18. The van der Waals surface area contributed by atoms with Crippen LogP contribution < -0.4 is 10.1 Å². The SMILES string of the molecule is O=C(Nc1nccs1)c1cccc2ncc(-c3cccc(OC(F)(F)F)c3)nc12. The quantitative estimate of drug-likeness (QED) is 0.512. The number of alkyl halides is 3. The van der Waals surface area contributed by atoms with Crippen molar-refractivity contribution in [3.8, 4) is 17.0 Å². The minimum atomic E-state index is -4.80. The van der Waals surface area contributed by atoms with Crippen LogP contribution >= 0.6 is 11.3 Å². The van der Waals surface area contributed by atoms with Gasteiger partial charge in [-0.05, 0) is 24.3 Å². The molecular formula is C19H11F3N4O2S. The van der Waals surface area contributed by atoms with Crippen molar-refractivity contribution < 1.29 is 22.7 Å². The van der Waals surface area contributed by atoms with Gasteiger partial charge in [0.25, 0.3) is 5.91 Å². The minimum Gasteiger partial charge on any atom is -0.406 e. The summed E-state index contributed by atoms with van der Waals surface area (Å²) in [5.41, 5.74) is 1.75. The van der Waals surface area contributed by atoms with E-state index in [-0.39, 0.29) is 11.3 Å². The Labute approximate surface area is 166 Å². The highest BCUT2D eigenvalue weighted by Gasteiger charge is 2.31. The number of amides is 1. The lowest BCUT2D eigenvalue weighted by Gasteiger charge is -2.10. The number of ether oxygens (including phenoxy) is 1. The molecule has 29 heavy (non-hydrogen) atoms. The minimum absolute atomic E-state index is 0.273. The summed E-state index contributed by atoms with van der Waals surface area (Å²) in [5.74, 6) is -0.780. The second kappa shape index (κ2) is 7.47. The van der Waals surface area contributed by atoms with Gasteiger partial charge < -0.3 is 4.74 Å². The molecule has 6 nitrogen and oxygen atoms in total. The average molecular weight is 416 g/mol. The summed E-state index contributed by atoms with van der Waals surface area (Å²) in [6, 6.07) is 10.4. The van der Waals surface area contributed by atoms with Crippen LogP contribution in [0.2, 0.25) is 0 Å². The Hall–Kier alpha value is -3.53. The zero-order valence-electron chi connectivity index (χ0n) is 14.5. The van der Waals surface area contributed by atoms with Crippen molar-refractivity contribution in [3.05, 3.63) is 65.8 Å². The maximum Gasteiger partial charge on any atom is 0.573 e. The highest BCUT2D eigenvalue weighted by atomic mass is 32.1. The van der Waals surface area contributed by atoms with Gasteiger partial charge in [0, 0.05) is 17.1 Å². The van der Waals surface area contributed by atoms with Crippen LogP contribution in [-0.4, -0.2) is 27.2 Å². The van der Waals surface area contributed by atoms with E-state index >= 15 is 0 Å². The fraction of sp³-hybridized carbons (Fsp3) is 0.0526. The van der Waals surface area contributed by atoms with Gasteiger partial charge in [-0.15, -0.1) is 24.5 Å². The molecule has 0 spiro atoms. The first-order valence-corrected chi connectivity index (χ1v) is 9.10. The number of benzene rings is 2. The predicted octanol–water partition coefficient (Wildman–Crippen LogP) is 4.90. The molecule has 146 valence electrons. The van der Waals surface area contributed by atoms with Crippen molar-refractivity contribution in [3.63, 3.8) is 0 Å². The Balaban J connectivity index is 1.72. The van der Waals surface area contributed by atoms with Gasteiger partial charge in [-0.2, -0.15) is 0 Å². The number of nitrogens with one attached hydrogen (secondary N) is 1. The Morgan fingerprint density at radius 2 is 1.93 bits per heavy atom. The third-order valence-corrected chi connectivity index (χ3v) is 4.52. The van der Waals surface area contributed by atoms with E-state index in [4.69, 9.17) is 0 Å². The summed E-state index contributed by atoms with van der Waals surface area (Å²) in [6.07, 6.45) is -1.80. The topological polar surface area (TPSA) is 77.0 Å². The number of para-hydroxylation sites is 1. The maximum absolute atomic E-state index is 12.6. The summed E-state index contributed by atoms with van der Waals surface area (Å²) in [6.45, 7) is 0. The van der Waals surface area contributed by atoms with E-state index in [1.165, 1.54) is 35.7 Å². The number of thiazole rings is 1. The first-order chi connectivity index (χ1) is 13.9. The van der Waals surface area contributed by atoms with E-state index in [2.05, 4.69) is 25.0 Å². The number of aromatic nitrogens is 3. The largest absolute Gasteiger partial charge is 0.573 e. The van der Waals surface area contributed by atoms with Gasteiger partial charge in [-0.25, -0.2) is 9.97 Å². The van der Waals surface area contributed by atoms with Crippen molar-refractivity contribution in [1.82, 2.24) is 15.0 Å². The lowest BCUT2D eigenvalue weighted by atomic mass is 10.1. The number of hydrogen-bond acceptors (Lipinski definition) is 6. The lowest BCUT2D eigenvalue weighted by Crippen LogP contribution is -2.17. The molecule has 2 aromatic carbocycles. The highest BCUT2D eigenvalue weighted by molar-refractivity contribution is 7.13. The van der Waals surface area contributed by atoms with Crippen LogP contribution in [0.25, 0.3) is 22.3 Å². The molecule has 2 heterocycles. The average Bonchev–Trinajstić information content (AvgIpc) is 3.19. The van der Waals surface area contributed by atoms with Crippen LogP contribution in [0.4, 0.5) is 18.3 Å². The molecule has 0 radical (unpaired) electrons. The summed E-state index contributed by atoms with van der Waals surface area (Å²) >= 11 is 1.27. The number of rotatable bonds is 4. The molecule has 0 unspecified atom stereocenters. The Kier molecular flexibility index (Phi) is 4.85. The zero-order valence-corrected chi connectivity index (χ0v) is 15.3.